The van der Waals surface area contributed by atoms with E-state index in [0.717, 1.165) is 36.1 Å². The third-order valence-electron chi connectivity index (χ3n) is 3.22. The molecular formula is C15H20N2O3. The highest BCUT2D eigenvalue weighted by molar-refractivity contribution is 5.85. The van der Waals surface area contributed by atoms with E-state index in [1.54, 1.807) is 12.3 Å². The summed E-state index contributed by atoms with van der Waals surface area (Å²) >= 11 is 0. The van der Waals surface area contributed by atoms with Gasteiger partial charge in [-0.25, -0.2) is 9.78 Å². The van der Waals surface area contributed by atoms with Crippen LogP contribution in [-0.2, 0) is 9.53 Å². The number of pyridine rings is 1. The Morgan fingerprint density at radius 1 is 1.55 bits per heavy atom. The van der Waals surface area contributed by atoms with Crippen molar-refractivity contribution in [2.45, 2.75) is 26.4 Å². The molecule has 2 heterocycles. The molecule has 0 bridgehead atoms. The predicted molar refractivity (Wildman–Crippen MR) is 77.9 cm³/mol. The summed E-state index contributed by atoms with van der Waals surface area (Å²) < 4.78 is 5.70. The third-order valence-corrected chi connectivity index (χ3v) is 3.22. The van der Waals surface area contributed by atoms with Crippen LogP contribution in [0.3, 0.4) is 0 Å². The van der Waals surface area contributed by atoms with Gasteiger partial charge in [0.25, 0.3) is 0 Å². The summed E-state index contributed by atoms with van der Waals surface area (Å²) in [6, 6.07) is 1.95. The predicted octanol–water partition coefficient (Wildman–Crippen LogP) is 2.10. The molecule has 20 heavy (non-hydrogen) atoms. The Balaban J connectivity index is 2.19. The number of nitrogens with zero attached hydrogens (tertiary/aromatic N) is 2. The van der Waals surface area contributed by atoms with Gasteiger partial charge in [-0.3, -0.25) is 0 Å². The first-order chi connectivity index (χ1) is 9.37. The van der Waals surface area contributed by atoms with E-state index in [1.165, 1.54) is 0 Å². The first-order valence-electron chi connectivity index (χ1n) is 6.64. The van der Waals surface area contributed by atoms with Crippen molar-refractivity contribution < 1.29 is 14.6 Å². The molecular weight excluding hydrogens is 256 g/mol. The van der Waals surface area contributed by atoms with E-state index in [9.17, 15) is 4.79 Å². The fourth-order valence-corrected chi connectivity index (χ4v) is 2.38. The molecule has 1 aliphatic heterocycles. The number of rotatable bonds is 3. The minimum atomic E-state index is -0.957. The van der Waals surface area contributed by atoms with Crippen molar-refractivity contribution in [2.24, 2.45) is 0 Å². The molecule has 1 fully saturated rings. The van der Waals surface area contributed by atoms with Crippen LogP contribution in [-0.4, -0.2) is 41.4 Å². The molecule has 1 saturated heterocycles. The van der Waals surface area contributed by atoms with Crippen LogP contribution in [0.4, 0.5) is 5.82 Å². The smallest absolute Gasteiger partial charge is 0.328 e. The molecule has 0 atom stereocenters. The second-order valence-electron chi connectivity index (χ2n) is 5.61. The van der Waals surface area contributed by atoms with Crippen molar-refractivity contribution >= 4 is 17.9 Å². The molecule has 0 aromatic carbocycles. The number of aromatic nitrogens is 1. The fraction of sp³-hybridized carbons (Fsp3) is 0.467. The highest BCUT2D eigenvalue weighted by Crippen LogP contribution is 2.24. The molecule has 1 aromatic rings. The van der Waals surface area contributed by atoms with Gasteiger partial charge in [-0.1, -0.05) is 0 Å². The number of hydrogen-bond acceptors (Lipinski definition) is 4. The van der Waals surface area contributed by atoms with Crippen LogP contribution in [0.2, 0.25) is 0 Å². The van der Waals surface area contributed by atoms with Gasteiger partial charge in [0, 0.05) is 25.4 Å². The first-order valence-corrected chi connectivity index (χ1v) is 6.64. The SMILES string of the molecule is Cc1cc(/C=C/C(=O)O)cnc1N1CCOC(C)(C)C1. The van der Waals surface area contributed by atoms with Gasteiger partial charge in [0.2, 0.25) is 0 Å². The lowest BCUT2D eigenvalue weighted by Gasteiger charge is -2.39. The van der Waals surface area contributed by atoms with Crippen molar-refractivity contribution in [3.05, 3.63) is 29.5 Å². The average Bonchev–Trinajstić information content (AvgIpc) is 2.35. The minimum absolute atomic E-state index is 0.172. The van der Waals surface area contributed by atoms with Gasteiger partial charge in [0.05, 0.1) is 12.2 Å². The van der Waals surface area contributed by atoms with Crippen molar-refractivity contribution in [3.8, 4) is 0 Å². The van der Waals surface area contributed by atoms with Gasteiger partial charge < -0.3 is 14.7 Å². The van der Waals surface area contributed by atoms with Crippen molar-refractivity contribution in [3.63, 3.8) is 0 Å². The maximum absolute atomic E-state index is 10.5. The fourth-order valence-electron chi connectivity index (χ4n) is 2.38. The standard InChI is InChI=1S/C15H20N2O3/c1-11-8-12(4-5-13(18)19)9-16-14(11)17-6-7-20-15(2,3)10-17/h4-5,8-9H,6-7,10H2,1-3H3,(H,18,19)/b5-4+. The molecule has 0 spiro atoms. The van der Waals surface area contributed by atoms with Crippen LogP contribution < -0.4 is 4.90 Å². The minimum Gasteiger partial charge on any atom is -0.478 e. The number of anilines is 1. The van der Waals surface area contributed by atoms with Crippen LogP contribution in [0, 0.1) is 6.92 Å². The molecule has 0 saturated carbocycles. The van der Waals surface area contributed by atoms with Crippen LogP contribution in [0.25, 0.3) is 6.08 Å². The van der Waals surface area contributed by atoms with E-state index in [2.05, 4.69) is 23.7 Å². The topological polar surface area (TPSA) is 62.7 Å². The number of aliphatic carboxylic acids is 1. The molecule has 108 valence electrons. The summed E-state index contributed by atoms with van der Waals surface area (Å²) in [4.78, 5) is 17.2. The molecule has 1 aliphatic rings. The highest BCUT2D eigenvalue weighted by atomic mass is 16.5. The van der Waals surface area contributed by atoms with Gasteiger partial charge >= 0.3 is 5.97 Å². The molecule has 0 aliphatic carbocycles. The van der Waals surface area contributed by atoms with Gasteiger partial charge in [-0.15, -0.1) is 0 Å². The summed E-state index contributed by atoms with van der Waals surface area (Å²) in [6.45, 7) is 8.43. The van der Waals surface area contributed by atoms with E-state index < -0.39 is 5.97 Å². The van der Waals surface area contributed by atoms with Crippen molar-refractivity contribution in [1.82, 2.24) is 4.98 Å². The largest absolute Gasteiger partial charge is 0.478 e. The zero-order chi connectivity index (χ0) is 14.8. The van der Waals surface area contributed by atoms with E-state index in [4.69, 9.17) is 9.84 Å². The van der Waals surface area contributed by atoms with Crippen molar-refractivity contribution in [2.75, 3.05) is 24.6 Å². The van der Waals surface area contributed by atoms with Gasteiger partial charge in [0.15, 0.2) is 0 Å². The Bertz CT molecular complexity index is 538. The lowest BCUT2D eigenvalue weighted by atomic mass is 10.1. The number of hydrogen-bond donors (Lipinski definition) is 1. The molecule has 2 rings (SSSR count). The molecule has 1 N–H and O–H groups in total. The number of ether oxygens (including phenoxy) is 1. The summed E-state index contributed by atoms with van der Waals surface area (Å²) in [5, 5.41) is 8.63. The summed E-state index contributed by atoms with van der Waals surface area (Å²) in [7, 11) is 0. The third kappa shape index (κ3) is 3.57. The van der Waals surface area contributed by atoms with Crippen LogP contribution in [0.15, 0.2) is 18.3 Å². The first kappa shape index (κ1) is 14.5. The highest BCUT2D eigenvalue weighted by Gasteiger charge is 2.28. The maximum Gasteiger partial charge on any atom is 0.328 e. The Morgan fingerprint density at radius 2 is 2.30 bits per heavy atom. The monoisotopic (exact) mass is 276 g/mol. The van der Waals surface area contributed by atoms with Gasteiger partial charge in [0.1, 0.15) is 5.82 Å². The number of aryl methyl sites for hydroxylation is 1. The number of carboxylic acids is 1. The average molecular weight is 276 g/mol. The van der Waals surface area contributed by atoms with Gasteiger partial charge in [-0.2, -0.15) is 0 Å². The van der Waals surface area contributed by atoms with E-state index >= 15 is 0 Å². The summed E-state index contributed by atoms with van der Waals surface area (Å²) in [5.74, 6) is -0.0180. The Morgan fingerprint density at radius 3 is 2.90 bits per heavy atom. The van der Waals surface area contributed by atoms with Gasteiger partial charge in [-0.05, 0) is 44.0 Å². The zero-order valence-corrected chi connectivity index (χ0v) is 12.1. The number of carbonyl (C=O) groups is 1. The number of morpholine rings is 1. The molecule has 0 radical (unpaired) electrons. The maximum atomic E-state index is 10.5. The molecule has 0 amide bonds. The Kier molecular flexibility index (Phi) is 4.09. The second kappa shape index (κ2) is 5.63. The second-order valence-corrected chi connectivity index (χ2v) is 5.61. The normalized spacial score (nSPS) is 18.4. The number of carboxylic acid groups (broad SMARTS) is 1. The van der Waals surface area contributed by atoms with E-state index in [1.807, 2.05) is 13.0 Å². The zero-order valence-electron chi connectivity index (χ0n) is 12.1. The van der Waals surface area contributed by atoms with Crippen LogP contribution >= 0.6 is 0 Å². The van der Waals surface area contributed by atoms with E-state index in [-0.39, 0.29) is 5.60 Å². The molecule has 0 unspecified atom stereocenters. The van der Waals surface area contributed by atoms with E-state index in [0.29, 0.717) is 6.61 Å². The quantitative estimate of drug-likeness (QED) is 0.857. The summed E-state index contributed by atoms with van der Waals surface area (Å²) in [5.41, 5.74) is 1.66. The lowest BCUT2D eigenvalue weighted by Crippen LogP contribution is -2.48. The lowest BCUT2D eigenvalue weighted by molar-refractivity contribution is -0.131. The Hall–Kier alpha value is -1.88. The van der Waals surface area contributed by atoms with Crippen LogP contribution in [0.5, 0.6) is 0 Å². The van der Waals surface area contributed by atoms with Crippen LogP contribution in [0.1, 0.15) is 25.0 Å². The Labute approximate surface area is 118 Å². The molecule has 5 heteroatoms. The molecule has 1 aromatic heterocycles. The molecule has 5 nitrogen and oxygen atoms in total. The van der Waals surface area contributed by atoms with Crippen molar-refractivity contribution in [1.29, 1.82) is 0 Å². The summed E-state index contributed by atoms with van der Waals surface area (Å²) in [6.07, 6.45) is 4.37.